The predicted molar refractivity (Wildman–Crippen MR) is 102 cm³/mol. The molecule has 1 amide bonds. The molecule has 1 N–H and O–H groups in total. The lowest BCUT2D eigenvalue weighted by Gasteiger charge is -2.08. The lowest BCUT2D eigenvalue weighted by atomic mass is 10.2. The van der Waals surface area contributed by atoms with Crippen molar-refractivity contribution in [2.45, 2.75) is 0 Å². The van der Waals surface area contributed by atoms with Crippen LogP contribution < -0.4 is 5.32 Å². The molecule has 0 aliphatic heterocycles. The number of fused-ring (bicyclic) bond motifs is 1. The number of amides is 1. The maximum absolute atomic E-state index is 12.3. The van der Waals surface area contributed by atoms with Crippen LogP contribution in [0.3, 0.4) is 0 Å². The summed E-state index contributed by atoms with van der Waals surface area (Å²) in [5.74, 6) is -0.253. The molecule has 0 radical (unpaired) electrons. The van der Waals surface area contributed by atoms with Crippen LogP contribution in [-0.2, 0) is 0 Å². The van der Waals surface area contributed by atoms with Crippen LogP contribution in [0.1, 0.15) is 10.4 Å². The summed E-state index contributed by atoms with van der Waals surface area (Å²) in [6.45, 7) is 0. The molecule has 0 spiro atoms. The van der Waals surface area contributed by atoms with Crippen molar-refractivity contribution in [3.8, 4) is 10.6 Å². The average molecular weight is 366 g/mol. The van der Waals surface area contributed by atoms with E-state index in [9.17, 15) is 4.79 Å². The van der Waals surface area contributed by atoms with E-state index < -0.39 is 0 Å². The number of hydrogen-bond donors (Lipinski definition) is 1. The van der Waals surface area contributed by atoms with Crippen LogP contribution in [0.15, 0.2) is 67.0 Å². The lowest BCUT2D eigenvalue weighted by Crippen LogP contribution is -2.12. The Balaban J connectivity index is 1.67. The Labute approximate surface area is 153 Å². The van der Waals surface area contributed by atoms with Gasteiger partial charge in [0.2, 0.25) is 0 Å². The second kappa shape index (κ2) is 6.63. The van der Waals surface area contributed by atoms with Gasteiger partial charge in [-0.05, 0) is 36.4 Å². The van der Waals surface area contributed by atoms with Gasteiger partial charge in [0.15, 0.2) is 0 Å². The zero-order valence-electron chi connectivity index (χ0n) is 12.9. The molecule has 6 heteroatoms. The van der Waals surface area contributed by atoms with E-state index in [1.807, 2.05) is 36.4 Å². The van der Waals surface area contributed by atoms with Crippen molar-refractivity contribution in [3.05, 3.63) is 77.6 Å². The Morgan fingerprint density at radius 2 is 1.96 bits per heavy atom. The first-order valence-electron chi connectivity index (χ1n) is 7.57. The number of nitrogens with zero attached hydrogens (tertiary/aromatic N) is 2. The van der Waals surface area contributed by atoms with Crippen molar-refractivity contribution in [3.63, 3.8) is 0 Å². The van der Waals surface area contributed by atoms with Crippen molar-refractivity contribution in [1.82, 2.24) is 9.97 Å². The summed E-state index contributed by atoms with van der Waals surface area (Å²) < 4.78 is 1.12. The molecule has 0 fully saturated rings. The number of nitrogens with one attached hydrogen (secondary N) is 1. The Morgan fingerprint density at radius 3 is 2.76 bits per heavy atom. The molecule has 4 aromatic rings. The van der Waals surface area contributed by atoms with E-state index in [1.165, 1.54) is 6.20 Å². The molecule has 2 aromatic heterocycles. The predicted octanol–water partition coefficient (Wildman–Crippen LogP) is 5.26. The molecule has 2 heterocycles. The first kappa shape index (κ1) is 15.7. The van der Waals surface area contributed by atoms with Crippen molar-refractivity contribution >= 4 is 44.7 Å². The number of anilines is 1. The van der Waals surface area contributed by atoms with Gasteiger partial charge in [-0.25, -0.2) is 4.98 Å². The number of benzene rings is 2. The van der Waals surface area contributed by atoms with Crippen molar-refractivity contribution in [2.24, 2.45) is 0 Å². The Bertz CT molecular complexity index is 1030. The van der Waals surface area contributed by atoms with Gasteiger partial charge in [0.25, 0.3) is 5.91 Å². The van der Waals surface area contributed by atoms with Gasteiger partial charge >= 0.3 is 0 Å². The molecule has 2 aromatic carbocycles. The highest BCUT2D eigenvalue weighted by Gasteiger charge is 2.12. The largest absolute Gasteiger partial charge is 0.321 e. The summed E-state index contributed by atoms with van der Waals surface area (Å²) in [4.78, 5) is 20.9. The van der Waals surface area contributed by atoms with Crippen LogP contribution >= 0.6 is 22.9 Å². The molecule has 25 heavy (non-hydrogen) atoms. The second-order valence-electron chi connectivity index (χ2n) is 5.38. The third kappa shape index (κ3) is 3.24. The number of halogens is 1. The van der Waals surface area contributed by atoms with E-state index in [-0.39, 0.29) is 5.91 Å². The number of aromatic nitrogens is 2. The van der Waals surface area contributed by atoms with Gasteiger partial charge in [-0.3, -0.25) is 9.78 Å². The van der Waals surface area contributed by atoms with Gasteiger partial charge in [0.05, 0.1) is 26.5 Å². The van der Waals surface area contributed by atoms with Gasteiger partial charge in [-0.15, -0.1) is 11.3 Å². The zero-order chi connectivity index (χ0) is 17.2. The van der Waals surface area contributed by atoms with Gasteiger partial charge in [-0.1, -0.05) is 29.8 Å². The van der Waals surface area contributed by atoms with Crippen molar-refractivity contribution in [1.29, 1.82) is 0 Å². The first-order valence-corrected chi connectivity index (χ1v) is 8.77. The fourth-order valence-corrected chi connectivity index (χ4v) is 3.57. The number of para-hydroxylation sites is 1. The SMILES string of the molecule is O=C(Nc1cc(-c2nc3ccccc3s2)ccc1Cl)c1cccnc1. The molecule has 0 aliphatic carbocycles. The highest BCUT2D eigenvalue weighted by Crippen LogP contribution is 2.33. The lowest BCUT2D eigenvalue weighted by molar-refractivity contribution is 0.102. The molecular formula is C19H12ClN3OS. The Hall–Kier alpha value is -2.76. The van der Waals surface area contributed by atoms with E-state index in [4.69, 9.17) is 11.6 Å². The number of carbonyl (C=O) groups excluding carboxylic acids is 1. The molecule has 0 aliphatic rings. The van der Waals surface area contributed by atoms with Crippen LogP contribution in [0.5, 0.6) is 0 Å². The average Bonchev–Trinajstić information content (AvgIpc) is 3.08. The Kier molecular flexibility index (Phi) is 4.17. The number of carbonyl (C=O) groups is 1. The van der Waals surface area contributed by atoms with E-state index in [1.54, 1.807) is 35.7 Å². The number of rotatable bonds is 3. The van der Waals surface area contributed by atoms with Crippen LogP contribution in [0, 0.1) is 0 Å². The summed E-state index contributed by atoms with van der Waals surface area (Å²) in [7, 11) is 0. The van der Waals surface area contributed by atoms with Crippen LogP contribution in [0.4, 0.5) is 5.69 Å². The van der Waals surface area contributed by atoms with Crippen molar-refractivity contribution in [2.75, 3.05) is 5.32 Å². The molecular weight excluding hydrogens is 354 g/mol. The van der Waals surface area contributed by atoms with E-state index in [2.05, 4.69) is 15.3 Å². The van der Waals surface area contributed by atoms with Gasteiger partial charge in [0.1, 0.15) is 5.01 Å². The van der Waals surface area contributed by atoms with E-state index in [0.29, 0.717) is 16.3 Å². The summed E-state index contributed by atoms with van der Waals surface area (Å²) in [5, 5.41) is 4.19. The van der Waals surface area contributed by atoms with E-state index in [0.717, 1.165) is 20.8 Å². The maximum Gasteiger partial charge on any atom is 0.257 e. The third-order valence-electron chi connectivity index (χ3n) is 3.68. The molecule has 0 saturated carbocycles. The fraction of sp³-hybridized carbons (Fsp3) is 0. The number of thiazole rings is 1. The summed E-state index contributed by atoms with van der Waals surface area (Å²) in [6, 6.07) is 16.9. The summed E-state index contributed by atoms with van der Waals surface area (Å²) in [6.07, 6.45) is 3.14. The normalized spacial score (nSPS) is 10.8. The monoisotopic (exact) mass is 365 g/mol. The van der Waals surface area contributed by atoms with E-state index >= 15 is 0 Å². The topological polar surface area (TPSA) is 54.9 Å². The highest BCUT2D eigenvalue weighted by molar-refractivity contribution is 7.21. The van der Waals surface area contributed by atoms with Crippen LogP contribution in [0.25, 0.3) is 20.8 Å². The molecule has 0 unspecified atom stereocenters. The second-order valence-corrected chi connectivity index (χ2v) is 6.82. The summed E-state index contributed by atoms with van der Waals surface area (Å²) >= 11 is 7.85. The minimum absolute atomic E-state index is 0.253. The highest BCUT2D eigenvalue weighted by atomic mass is 35.5. The molecule has 0 saturated heterocycles. The minimum Gasteiger partial charge on any atom is -0.321 e. The van der Waals surface area contributed by atoms with Gasteiger partial charge in [-0.2, -0.15) is 0 Å². The molecule has 0 atom stereocenters. The quantitative estimate of drug-likeness (QED) is 0.538. The fourth-order valence-electron chi connectivity index (χ4n) is 2.44. The number of hydrogen-bond acceptors (Lipinski definition) is 4. The zero-order valence-corrected chi connectivity index (χ0v) is 14.5. The molecule has 4 nitrogen and oxygen atoms in total. The molecule has 4 rings (SSSR count). The maximum atomic E-state index is 12.3. The third-order valence-corrected chi connectivity index (χ3v) is 5.09. The molecule has 0 bridgehead atoms. The first-order chi connectivity index (χ1) is 12.2. The smallest absolute Gasteiger partial charge is 0.257 e. The summed E-state index contributed by atoms with van der Waals surface area (Å²) in [5.41, 5.74) is 2.89. The van der Waals surface area contributed by atoms with Gasteiger partial charge < -0.3 is 5.32 Å². The van der Waals surface area contributed by atoms with Crippen molar-refractivity contribution < 1.29 is 4.79 Å². The van der Waals surface area contributed by atoms with Gasteiger partial charge in [0, 0.05) is 18.0 Å². The number of pyridine rings is 1. The minimum atomic E-state index is -0.253. The molecule has 122 valence electrons. The standard InChI is InChI=1S/C19H12ClN3OS/c20-14-8-7-12(19-23-15-5-1-2-6-17(15)25-19)10-16(14)22-18(24)13-4-3-9-21-11-13/h1-11H,(H,22,24). The van der Waals surface area contributed by atoms with Crippen LogP contribution in [0.2, 0.25) is 5.02 Å². The van der Waals surface area contributed by atoms with Crippen LogP contribution in [-0.4, -0.2) is 15.9 Å². The Morgan fingerprint density at radius 1 is 1.08 bits per heavy atom.